The number of carbonyl (C=O) groups is 1. The lowest BCUT2D eigenvalue weighted by Crippen LogP contribution is -2.11. The third kappa shape index (κ3) is 2.00. The third-order valence-corrected chi connectivity index (χ3v) is 2.31. The van der Waals surface area contributed by atoms with Crippen LogP contribution in [0.2, 0.25) is 0 Å². The molecule has 0 aliphatic carbocycles. The van der Waals surface area contributed by atoms with E-state index in [1.807, 2.05) is 10.8 Å². The molecule has 0 aromatic carbocycles. The topological polar surface area (TPSA) is 47.8 Å². The summed E-state index contributed by atoms with van der Waals surface area (Å²) in [6.07, 6.45) is 7.67. The largest absolute Gasteiger partial charge is 0.328 e. The molecule has 0 N–H and O–H groups in total. The van der Waals surface area contributed by atoms with Crippen LogP contribution in [0.3, 0.4) is 0 Å². The number of hydrogen-bond acceptors (Lipinski definition) is 3. The van der Waals surface area contributed by atoms with Crippen molar-refractivity contribution in [3.8, 4) is 0 Å². The molecule has 4 heteroatoms. The second-order valence-electron chi connectivity index (χ2n) is 3.52. The number of aryl methyl sites for hydroxylation is 1. The number of carbonyl (C=O) groups excluding carboxylic acids is 1. The monoisotopic (exact) mass is 215 g/mol. The maximum Gasteiger partial charge on any atom is 0.229 e. The van der Waals surface area contributed by atoms with Gasteiger partial charge in [-0.05, 0) is 18.6 Å². The van der Waals surface area contributed by atoms with Gasteiger partial charge in [0, 0.05) is 36.9 Å². The van der Waals surface area contributed by atoms with Crippen molar-refractivity contribution >= 4 is 5.78 Å². The molecule has 0 aliphatic rings. The van der Waals surface area contributed by atoms with Gasteiger partial charge in [0.15, 0.2) is 5.82 Å². The summed E-state index contributed by atoms with van der Waals surface area (Å²) in [6, 6.07) is 3.50. The minimum Gasteiger partial charge on any atom is -0.328 e. The van der Waals surface area contributed by atoms with Crippen LogP contribution in [0.1, 0.15) is 29.5 Å². The van der Waals surface area contributed by atoms with Gasteiger partial charge in [0.05, 0.1) is 0 Å². The fourth-order valence-electron chi connectivity index (χ4n) is 1.57. The summed E-state index contributed by atoms with van der Waals surface area (Å²) in [5, 5.41) is 0. The van der Waals surface area contributed by atoms with Gasteiger partial charge >= 0.3 is 0 Å². The molecular weight excluding hydrogens is 202 g/mol. The second kappa shape index (κ2) is 4.70. The summed E-state index contributed by atoms with van der Waals surface area (Å²) < 4.78 is 1.87. The number of hydrogen-bond donors (Lipinski definition) is 0. The first-order valence-electron chi connectivity index (χ1n) is 5.28. The van der Waals surface area contributed by atoms with Gasteiger partial charge in [-0.1, -0.05) is 6.92 Å². The summed E-state index contributed by atoms with van der Waals surface area (Å²) >= 11 is 0. The average molecular weight is 215 g/mol. The van der Waals surface area contributed by atoms with Gasteiger partial charge in [0.1, 0.15) is 0 Å². The van der Waals surface area contributed by atoms with E-state index in [-0.39, 0.29) is 5.78 Å². The number of nitrogens with zero attached hydrogens (tertiary/aromatic N) is 3. The lowest BCUT2D eigenvalue weighted by Gasteiger charge is -2.04. The van der Waals surface area contributed by atoms with Gasteiger partial charge in [0.2, 0.25) is 5.78 Å². The quantitative estimate of drug-likeness (QED) is 0.732. The fourth-order valence-corrected chi connectivity index (χ4v) is 1.57. The standard InChI is InChI=1S/C12H13N3O/c1-2-7-15-8-6-14-12(15)11(16)10-4-3-5-13-9-10/h3-6,8-9H,2,7H2,1H3. The van der Waals surface area contributed by atoms with Crippen LogP contribution in [0, 0.1) is 0 Å². The smallest absolute Gasteiger partial charge is 0.229 e. The lowest BCUT2D eigenvalue weighted by atomic mass is 10.2. The molecule has 4 nitrogen and oxygen atoms in total. The molecule has 0 unspecified atom stereocenters. The molecule has 0 bridgehead atoms. The van der Waals surface area contributed by atoms with Crippen LogP contribution in [0.25, 0.3) is 0 Å². The van der Waals surface area contributed by atoms with Crippen LogP contribution in [0.5, 0.6) is 0 Å². The lowest BCUT2D eigenvalue weighted by molar-refractivity contribution is 0.102. The minimum atomic E-state index is -0.0773. The fraction of sp³-hybridized carbons (Fsp3) is 0.250. The summed E-state index contributed by atoms with van der Waals surface area (Å²) in [4.78, 5) is 20.1. The number of pyridine rings is 1. The zero-order chi connectivity index (χ0) is 11.4. The van der Waals surface area contributed by atoms with Crippen LogP contribution >= 0.6 is 0 Å². The number of rotatable bonds is 4. The zero-order valence-electron chi connectivity index (χ0n) is 9.13. The zero-order valence-corrected chi connectivity index (χ0v) is 9.13. The van der Waals surface area contributed by atoms with Crippen molar-refractivity contribution in [1.29, 1.82) is 0 Å². The highest BCUT2D eigenvalue weighted by Crippen LogP contribution is 2.07. The van der Waals surface area contributed by atoms with Crippen LogP contribution in [-0.2, 0) is 6.54 Å². The first-order valence-corrected chi connectivity index (χ1v) is 5.28. The Morgan fingerprint density at radius 1 is 1.44 bits per heavy atom. The molecule has 2 aromatic heterocycles. The first kappa shape index (κ1) is 10.5. The third-order valence-electron chi connectivity index (χ3n) is 2.31. The highest BCUT2D eigenvalue weighted by atomic mass is 16.1. The Hall–Kier alpha value is -1.97. The van der Waals surface area contributed by atoms with E-state index in [0.717, 1.165) is 13.0 Å². The maximum atomic E-state index is 12.1. The highest BCUT2D eigenvalue weighted by Gasteiger charge is 2.14. The van der Waals surface area contributed by atoms with E-state index in [1.54, 1.807) is 30.7 Å². The molecule has 0 atom stereocenters. The van der Waals surface area contributed by atoms with E-state index in [2.05, 4.69) is 16.9 Å². The Bertz CT molecular complexity index is 476. The summed E-state index contributed by atoms with van der Waals surface area (Å²) in [5.74, 6) is 0.404. The van der Waals surface area contributed by atoms with Gasteiger partial charge < -0.3 is 4.57 Å². The molecule has 2 heterocycles. The van der Waals surface area contributed by atoms with E-state index in [0.29, 0.717) is 11.4 Å². The Morgan fingerprint density at radius 3 is 3.00 bits per heavy atom. The Balaban J connectivity index is 2.31. The molecular formula is C12H13N3O. The first-order chi connectivity index (χ1) is 7.83. The summed E-state index contributed by atoms with van der Waals surface area (Å²) in [5.41, 5.74) is 0.575. The second-order valence-corrected chi connectivity index (χ2v) is 3.52. The molecule has 0 saturated heterocycles. The van der Waals surface area contributed by atoms with E-state index >= 15 is 0 Å². The van der Waals surface area contributed by atoms with Gasteiger partial charge in [-0.25, -0.2) is 4.98 Å². The van der Waals surface area contributed by atoms with E-state index < -0.39 is 0 Å². The molecule has 0 radical (unpaired) electrons. The Morgan fingerprint density at radius 2 is 2.31 bits per heavy atom. The Kier molecular flexibility index (Phi) is 3.10. The number of aromatic nitrogens is 3. The van der Waals surface area contributed by atoms with Gasteiger partial charge in [-0.3, -0.25) is 9.78 Å². The van der Waals surface area contributed by atoms with Gasteiger partial charge in [0.25, 0.3) is 0 Å². The van der Waals surface area contributed by atoms with Crippen molar-refractivity contribution in [1.82, 2.24) is 14.5 Å². The predicted molar refractivity (Wildman–Crippen MR) is 60.2 cm³/mol. The highest BCUT2D eigenvalue weighted by molar-refractivity contribution is 6.06. The van der Waals surface area contributed by atoms with E-state index in [4.69, 9.17) is 0 Å². The van der Waals surface area contributed by atoms with Crippen LogP contribution < -0.4 is 0 Å². The van der Waals surface area contributed by atoms with Crippen molar-refractivity contribution in [2.45, 2.75) is 19.9 Å². The molecule has 2 rings (SSSR count). The van der Waals surface area contributed by atoms with Gasteiger partial charge in [-0.15, -0.1) is 0 Å². The summed E-state index contributed by atoms with van der Waals surface area (Å²) in [6.45, 7) is 2.87. The van der Waals surface area contributed by atoms with Crippen molar-refractivity contribution in [3.63, 3.8) is 0 Å². The molecule has 82 valence electrons. The van der Waals surface area contributed by atoms with E-state index in [9.17, 15) is 4.79 Å². The average Bonchev–Trinajstić information content (AvgIpc) is 2.78. The SMILES string of the molecule is CCCn1ccnc1C(=O)c1cccnc1. The minimum absolute atomic E-state index is 0.0773. The normalized spacial score (nSPS) is 10.3. The predicted octanol–water partition coefficient (Wildman–Crippen LogP) is 1.92. The maximum absolute atomic E-state index is 12.1. The van der Waals surface area contributed by atoms with Gasteiger partial charge in [-0.2, -0.15) is 0 Å². The van der Waals surface area contributed by atoms with Crippen molar-refractivity contribution < 1.29 is 4.79 Å². The van der Waals surface area contributed by atoms with Crippen molar-refractivity contribution in [2.75, 3.05) is 0 Å². The molecule has 0 aliphatic heterocycles. The van der Waals surface area contributed by atoms with Crippen LogP contribution in [0.4, 0.5) is 0 Å². The molecule has 16 heavy (non-hydrogen) atoms. The van der Waals surface area contributed by atoms with Crippen LogP contribution in [0.15, 0.2) is 36.9 Å². The van der Waals surface area contributed by atoms with Crippen molar-refractivity contribution in [3.05, 3.63) is 48.3 Å². The molecule has 0 saturated carbocycles. The molecule has 0 spiro atoms. The van der Waals surface area contributed by atoms with Crippen LogP contribution in [-0.4, -0.2) is 20.3 Å². The Labute approximate surface area is 94.0 Å². The summed E-state index contributed by atoms with van der Waals surface area (Å²) in [7, 11) is 0. The number of ketones is 1. The number of imidazole rings is 1. The molecule has 2 aromatic rings. The van der Waals surface area contributed by atoms with E-state index in [1.165, 1.54) is 0 Å². The molecule has 0 fully saturated rings. The van der Waals surface area contributed by atoms with Crippen molar-refractivity contribution in [2.24, 2.45) is 0 Å². The molecule has 0 amide bonds.